The highest BCUT2D eigenvalue weighted by Crippen LogP contribution is 2.29. The summed E-state index contributed by atoms with van der Waals surface area (Å²) in [6.45, 7) is 5.45. The van der Waals surface area contributed by atoms with Gasteiger partial charge >= 0.3 is 0 Å². The Kier molecular flexibility index (Phi) is 3.28. The van der Waals surface area contributed by atoms with Crippen LogP contribution in [-0.4, -0.2) is 5.78 Å². The van der Waals surface area contributed by atoms with Crippen LogP contribution >= 0.6 is 0 Å². The Labute approximate surface area is 106 Å². The number of hydrogen-bond donors (Lipinski definition) is 0. The van der Waals surface area contributed by atoms with Crippen LogP contribution in [0.5, 0.6) is 0 Å². The lowest BCUT2D eigenvalue weighted by Crippen LogP contribution is -1.98. The predicted octanol–water partition coefficient (Wildman–Crippen LogP) is 4.31. The van der Waals surface area contributed by atoms with Gasteiger partial charge in [-0.25, -0.2) is 4.39 Å². The van der Waals surface area contributed by atoms with Crippen LogP contribution in [0.1, 0.15) is 28.4 Å². The minimum absolute atomic E-state index is 0.0501. The average molecular weight is 242 g/mol. The molecule has 2 aromatic rings. The van der Waals surface area contributed by atoms with E-state index in [0.29, 0.717) is 11.1 Å². The summed E-state index contributed by atoms with van der Waals surface area (Å²) in [6.07, 6.45) is 0. The molecule has 0 unspecified atom stereocenters. The van der Waals surface area contributed by atoms with Crippen molar-refractivity contribution in [2.24, 2.45) is 0 Å². The van der Waals surface area contributed by atoms with E-state index in [1.165, 1.54) is 19.1 Å². The van der Waals surface area contributed by atoms with Gasteiger partial charge in [0.05, 0.1) is 0 Å². The van der Waals surface area contributed by atoms with Gasteiger partial charge in [0.25, 0.3) is 0 Å². The lowest BCUT2D eigenvalue weighted by molar-refractivity contribution is 0.101. The zero-order chi connectivity index (χ0) is 13.3. The van der Waals surface area contributed by atoms with Gasteiger partial charge in [-0.15, -0.1) is 0 Å². The van der Waals surface area contributed by atoms with E-state index < -0.39 is 0 Å². The van der Waals surface area contributed by atoms with Crippen LogP contribution in [0.4, 0.5) is 4.39 Å². The topological polar surface area (TPSA) is 17.1 Å². The maximum absolute atomic E-state index is 13.4. The number of benzene rings is 2. The van der Waals surface area contributed by atoms with Gasteiger partial charge in [0, 0.05) is 5.56 Å². The van der Waals surface area contributed by atoms with Crippen molar-refractivity contribution in [1.82, 2.24) is 0 Å². The van der Waals surface area contributed by atoms with Gasteiger partial charge < -0.3 is 0 Å². The first kappa shape index (κ1) is 12.5. The Hall–Kier alpha value is -1.96. The molecule has 0 saturated heterocycles. The maximum atomic E-state index is 13.4. The number of Topliss-reactive ketones (excluding diaryl/α,β-unsaturated/α-hetero) is 1. The number of halogens is 1. The monoisotopic (exact) mass is 242 g/mol. The van der Waals surface area contributed by atoms with Gasteiger partial charge in [-0.1, -0.05) is 23.8 Å². The molecular weight excluding hydrogens is 227 g/mol. The minimum atomic E-state index is -0.323. The number of aryl methyl sites for hydroxylation is 2. The van der Waals surface area contributed by atoms with Crippen LogP contribution < -0.4 is 0 Å². The lowest BCUT2D eigenvalue weighted by atomic mass is 9.93. The third-order valence-corrected chi connectivity index (χ3v) is 3.04. The Bertz CT molecular complexity index is 614. The molecule has 0 aliphatic heterocycles. The van der Waals surface area contributed by atoms with Crippen molar-refractivity contribution in [3.63, 3.8) is 0 Å². The molecular formula is C16H15FO. The molecule has 0 aliphatic rings. The number of hydrogen-bond acceptors (Lipinski definition) is 1. The molecule has 0 spiro atoms. The SMILES string of the molecule is CC(=O)c1ccc(F)cc1-c1cc(C)ccc1C. The van der Waals surface area contributed by atoms with Crippen molar-refractivity contribution in [2.45, 2.75) is 20.8 Å². The quantitative estimate of drug-likeness (QED) is 0.717. The normalized spacial score (nSPS) is 10.4. The van der Waals surface area contributed by atoms with Crippen LogP contribution in [0.3, 0.4) is 0 Å². The summed E-state index contributed by atoms with van der Waals surface area (Å²) in [6, 6.07) is 10.3. The zero-order valence-electron chi connectivity index (χ0n) is 10.8. The van der Waals surface area contributed by atoms with Crippen LogP contribution in [0.2, 0.25) is 0 Å². The maximum Gasteiger partial charge on any atom is 0.160 e. The van der Waals surface area contributed by atoms with Gasteiger partial charge in [-0.3, -0.25) is 4.79 Å². The van der Waals surface area contributed by atoms with Crippen LogP contribution in [0.15, 0.2) is 36.4 Å². The van der Waals surface area contributed by atoms with Crippen molar-refractivity contribution in [3.05, 3.63) is 58.9 Å². The fourth-order valence-electron chi connectivity index (χ4n) is 2.07. The summed E-state index contributed by atoms with van der Waals surface area (Å²) in [7, 11) is 0. The number of ketones is 1. The molecule has 1 nitrogen and oxygen atoms in total. The van der Waals surface area contributed by atoms with E-state index in [0.717, 1.165) is 16.7 Å². The van der Waals surface area contributed by atoms with Gasteiger partial charge in [0.2, 0.25) is 0 Å². The second kappa shape index (κ2) is 4.73. The van der Waals surface area contributed by atoms with Gasteiger partial charge in [0.15, 0.2) is 5.78 Å². The first-order chi connectivity index (χ1) is 8.49. The fraction of sp³-hybridized carbons (Fsp3) is 0.188. The molecule has 2 rings (SSSR count). The van der Waals surface area contributed by atoms with Gasteiger partial charge in [-0.2, -0.15) is 0 Å². The highest BCUT2D eigenvalue weighted by atomic mass is 19.1. The molecule has 0 bridgehead atoms. The largest absolute Gasteiger partial charge is 0.294 e. The third-order valence-electron chi connectivity index (χ3n) is 3.04. The van der Waals surface area contributed by atoms with Gasteiger partial charge in [-0.05, 0) is 55.7 Å². The molecule has 0 heterocycles. The molecule has 92 valence electrons. The highest BCUT2D eigenvalue weighted by molar-refractivity contribution is 6.01. The van der Waals surface area contributed by atoms with Gasteiger partial charge in [0.1, 0.15) is 5.82 Å². The Morgan fingerprint density at radius 1 is 1.00 bits per heavy atom. The fourth-order valence-corrected chi connectivity index (χ4v) is 2.07. The van der Waals surface area contributed by atoms with Crippen molar-refractivity contribution in [2.75, 3.05) is 0 Å². The van der Waals surface area contributed by atoms with Crippen LogP contribution in [0, 0.1) is 19.7 Å². The first-order valence-corrected chi connectivity index (χ1v) is 5.87. The Morgan fingerprint density at radius 3 is 2.39 bits per heavy atom. The molecule has 0 aliphatic carbocycles. The summed E-state index contributed by atoms with van der Waals surface area (Å²) < 4.78 is 13.4. The smallest absolute Gasteiger partial charge is 0.160 e. The second-order valence-corrected chi connectivity index (χ2v) is 4.56. The molecule has 2 aromatic carbocycles. The number of carbonyl (C=O) groups excluding carboxylic acids is 1. The predicted molar refractivity (Wildman–Crippen MR) is 71.3 cm³/mol. The summed E-state index contributed by atoms with van der Waals surface area (Å²) in [4.78, 5) is 11.6. The Balaban J connectivity index is 2.73. The van der Waals surface area contributed by atoms with E-state index in [4.69, 9.17) is 0 Å². The van der Waals surface area contributed by atoms with Crippen molar-refractivity contribution in [1.29, 1.82) is 0 Å². The highest BCUT2D eigenvalue weighted by Gasteiger charge is 2.12. The molecule has 0 radical (unpaired) electrons. The van der Waals surface area contributed by atoms with E-state index in [1.807, 2.05) is 32.0 Å². The molecule has 0 atom stereocenters. The molecule has 0 N–H and O–H groups in total. The minimum Gasteiger partial charge on any atom is -0.294 e. The lowest BCUT2D eigenvalue weighted by Gasteiger charge is -2.11. The molecule has 2 heteroatoms. The van der Waals surface area contributed by atoms with E-state index in [1.54, 1.807) is 6.07 Å². The molecule has 0 amide bonds. The molecule has 0 fully saturated rings. The van der Waals surface area contributed by atoms with E-state index in [-0.39, 0.29) is 11.6 Å². The molecule has 18 heavy (non-hydrogen) atoms. The van der Waals surface area contributed by atoms with Crippen molar-refractivity contribution >= 4 is 5.78 Å². The van der Waals surface area contributed by atoms with Crippen LogP contribution in [-0.2, 0) is 0 Å². The number of carbonyl (C=O) groups is 1. The summed E-state index contributed by atoms with van der Waals surface area (Å²) in [5.74, 6) is -0.373. The van der Waals surface area contributed by atoms with E-state index in [2.05, 4.69) is 0 Å². The average Bonchev–Trinajstić information content (AvgIpc) is 2.31. The van der Waals surface area contributed by atoms with Crippen molar-refractivity contribution in [3.8, 4) is 11.1 Å². The molecule has 0 aromatic heterocycles. The standard InChI is InChI=1S/C16H15FO/c1-10-4-5-11(2)15(8-10)16-9-13(17)6-7-14(16)12(3)18/h4-9H,1-3H3. The Morgan fingerprint density at radius 2 is 1.72 bits per heavy atom. The van der Waals surface area contributed by atoms with E-state index in [9.17, 15) is 9.18 Å². The summed E-state index contributed by atoms with van der Waals surface area (Å²) in [5.41, 5.74) is 4.27. The zero-order valence-corrected chi connectivity index (χ0v) is 10.8. The summed E-state index contributed by atoms with van der Waals surface area (Å²) >= 11 is 0. The number of rotatable bonds is 2. The van der Waals surface area contributed by atoms with E-state index >= 15 is 0 Å². The van der Waals surface area contributed by atoms with Crippen molar-refractivity contribution < 1.29 is 9.18 Å². The second-order valence-electron chi connectivity index (χ2n) is 4.56. The third kappa shape index (κ3) is 2.33. The first-order valence-electron chi connectivity index (χ1n) is 5.87. The molecule has 0 saturated carbocycles. The summed E-state index contributed by atoms with van der Waals surface area (Å²) in [5, 5.41) is 0. The van der Waals surface area contributed by atoms with Crippen LogP contribution in [0.25, 0.3) is 11.1 Å².